The van der Waals surface area contributed by atoms with Crippen molar-refractivity contribution >= 4 is 0 Å². The minimum absolute atomic E-state index is 0.380. The number of ether oxygens (including phenoxy) is 2. The predicted octanol–water partition coefficient (Wildman–Crippen LogP) is 2.53. The fraction of sp³-hybridized carbons (Fsp3) is 0.600. The first-order valence-corrected chi connectivity index (χ1v) is 9.72. The summed E-state index contributed by atoms with van der Waals surface area (Å²) in [7, 11) is 3.29. The number of nitrogens with zero attached hydrogens (tertiary/aromatic N) is 4. The van der Waals surface area contributed by atoms with Crippen LogP contribution in [-0.4, -0.2) is 45.5 Å². The topological polar surface area (TPSA) is 72.6 Å². The van der Waals surface area contributed by atoms with E-state index in [0.717, 1.165) is 56.0 Å². The molecule has 1 saturated carbocycles. The molecule has 0 spiro atoms. The van der Waals surface area contributed by atoms with E-state index in [-0.39, 0.29) is 0 Å². The van der Waals surface area contributed by atoms with Crippen molar-refractivity contribution in [1.29, 1.82) is 0 Å². The van der Waals surface area contributed by atoms with Gasteiger partial charge in [0.25, 0.3) is 0 Å². The monoisotopic (exact) mass is 372 g/mol. The molecule has 0 aromatic carbocycles. The SMILES string of the molecule is COc1ccnc(CN2CCCn3nc([C@@H](O)C4CCC4)cc3C2)c1OC. The van der Waals surface area contributed by atoms with Crippen LogP contribution >= 0.6 is 0 Å². The van der Waals surface area contributed by atoms with Crippen LogP contribution in [-0.2, 0) is 19.6 Å². The Morgan fingerprint density at radius 2 is 2.07 bits per heavy atom. The van der Waals surface area contributed by atoms with Gasteiger partial charge in [-0.3, -0.25) is 14.6 Å². The molecule has 7 heteroatoms. The fourth-order valence-corrected chi connectivity index (χ4v) is 4.00. The van der Waals surface area contributed by atoms with Crippen molar-refractivity contribution in [3.8, 4) is 11.5 Å². The molecule has 7 nitrogen and oxygen atoms in total. The maximum absolute atomic E-state index is 10.6. The molecule has 0 bridgehead atoms. The van der Waals surface area contributed by atoms with Crippen LogP contribution in [0.25, 0.3) is 0 Å². The Hall–Kier alpha value is -2.12. The van der Waals surface area contributed by atoms with Gasteiger partial charge in [-0.05, 0) is 31.2 Å². The highest BCUT2D eigenvalue weighted by Crippen LogP contribution is 2.37. The van der Waals surface area contributed by atoms with Gasteiger partial charge in [0.2, 0.25) is 0 Å². The average molecular weight is 372 g/mol. The largest absolute Gasteiger partial charge is 0.493 e. The van der Waals surface area contributed by atoms with E-state index < -0.39 is 6.10 Å². The van der Waals surface area contributed by atoms with Crippen molar-refractivity contribution in [2.75, 3.05) is 20.8 Å². The Morgan fingerprint density at radius 1 is 1.22 bits per heavy atom. The fourth-order valence-electron chi connectivity index (χ4n) is 4.00. The van der Waals surface area contributed by atoms with Gasteiger partial charge in [-0.25, -0.2) is 0 Å². The second-order valence-electron chi connectivity index (χ2n) is 7.48. The molecule has 0 unspecified atom stereocenters. The van der Waals surface area contributed by atoms with Crippen molar-refractivity contribution in [2.24, 2.45) is 5.92 Å². The van der Waals surface area contributed by atoms with Crippen molar-refractivity contribution < 1.29 is 14.6 Å². The molecule has 3 heterocycles. The zero-order chi connectivity index (χ0) is 18.8. The van der Waals surface area contributed by atoms with Gasteiger partial charge in [0.05, 0.1) is 25.6 Å². The summed E-state index contributed by atoms with van der Waals surface area (Å²) in [5, 5.41) is 15.3. The Balaban J connectivity index is 1.51. The summed E-state index contributed by atoms with van der Waals surface area (Å²) in [5.74, 6) is 1.78. The van der Waals surface area contributed by atoms with Crippen molar-refractivity contribution in [3.05, 3.63) is 35.4 Å². The van der Waals surface area contributed by atoms with Gasteiger partial charge in [-0.2, -0.15) is 5.10 Å². The molecule has 1 fully saturated rings. The van der Waals surface area contributed by atoms with Crippen LogP contribution in [0.5, 0.6) is 11.5 Å². The van der Waals surface area contributed by atoms with Gasteiger partial charge in [-0.1, -0.05) is 6.42 Å². The molecule has 146 valence electrons. The number of rotatable bonds is 6. The molecule has 2 aliphatic rings. The number of fused-ring (bicyclic) bond motifs is 1. The van der Waals surface area contributed by atoms with E-state index in [2.05, 4.69) is 20.6 Å². The summed E-state index contributed by atoms with van der Waals surface area (Å²) in [6, 6.07) is 3.89. The average Bonchev–Trinajstić information content (AvgIpc) is 2.93. The maximum Gasteiger partial charge on any atom is 0.183 e. The second kappa shape index (κ2) is 7.86. The molecule has 1 N–H and O–H groups in total. The van der Waals surface area contributed by atoms with E-state index in [1.807, 2.05) is 6.07 Å². The molecule has 27 heavy (non-hydrogen) atoms. The van der Waals surface area contributed by atoms with Gasteiger partial charge in [0, 0.05) is 38.4 Å². The number of aliphatic hydroxyl groups is 1. The quantitative estimate of drug-likeness (QED) is 0.840. The van der Waals surface area contributed by atoms with Crippen LogP contribution in [0.4, 0.5) is 0 Å². The van der Waals surface area contributed by atoms with E-state index in [4.69, 9.17) is 14.6 Å². The lowest BCUT2D eigenvalue weighted by Gasteiger charge is -2.29. The smallest absolute Gasteiger partial charge is 0.183 e. The first kappa shape index (κ1) is 18.3. The highest BCUT2D eigenvalue weighted by molar-refractivity contribution is 5.42. The second-order valence-corrected chi connectivity index (χ2v) is 7.48. The summed E-state index contributed by atoms with van der Waals surface area (Å²) >= 11 is 0. The Kier molecular flexibility index (Phi) is 5.31. The van der Waals surface area contributed by atoms with Crippen LogP contribution in [0.2, 0.25) is 0 Å². The molecule has 0 amide bonds. The standard InChI is InChI=1S/C20H28N4O3/c1-26-18-7-8-21-17(20(18)27-2)13-23-9-4-10-24-15(12-23)11-16(22-24)19(25)14-5-3-6-14/h7-8,11,14,19,25H,3-6,9-10,12-13H2,1-2H3/t19-/m0/s1. The van der Waals surface area contributed by atoms with Gasteiger partial charge in [0.15, 0.2) is 11.5 Å². The lowest BCUT2D eigenvalue weighted by atomic mass is 9.80. The van der Waals surface area contributed by atoms with Gasteiger partial charge in [-0.15, -0.1) is 0 Å². The highest BCUT2D eigenvalue weighted by atomic mass is 16.5. The first-order chi connectivity index (χ1) is 13.2. The van der Waals surface area contributed by atoms with Crippen LogP contribution in [0.15, 0.2) is 18.3 Å². The predicted molar refractivity (Wildman–Crippen MR) is 101 cm³/mol. The normalized spacial score (nSPS) is 19.1. The van der Waals surface area contributed by atoms with Crippen molar-refractivity contribution in [3.63, 3.8) is 0 Å². The van der Waals surface area contributed by atoms with E-state index in [9.17, 15) is 5.11 Å². The number of hydrogen-bond donors (Lipinski definition) is 1. The summed E-state index contributed by atoms with van der Waals surface area (Å²) in [6.45, 7) is 3.32. The zero-order valence-corrected chi connectivity index (χ0v) is 16.1. The molecule has 1 aliphatic carbocycles. The molecule has 4 rings (SSSR count). The van der Waals surface area contributed by atoms with Crippen LogP contribution in [0.1, 0.15) is 48.9 Å². The third kappa shape index (κ3) is 3.66. The molecular weight excluding hydrogens is 344 g/mol. The number of aromatic nitrogens is 3. The van der Waals surface area contributed by atoms with Crippen LogP contribution in [0.3, 0.4) is 0 Å². The molecular formula is C20H28N4O3. The maximum atomic E-state index is 10.6. The minimum atomic E-state index is -0.424. The summed E-state index contributed by atoms with van der Waals surface area (Å²) in [6.07, 6.45) is 5.78. The number of hydrogen-bond acceptors (Lipinski definition) is 6. The summed E-state index contributed by atoms with van der Waals surface area (Å²) < 4.78 is 13.0. The lowest BCUT2D eigenvalue weighted by molar-refractivity contribution is 0.0581. The third-order valence-electron chi connectivity index (χ3n) is 5.75. The van der Waals surface area contributed by atoms with E-state index in [0.29, 0.717) is 24.0 Å². The third-order valence-corrected chi connectivity index (χ3v) is 5.75. The van der Waals surface area contributed by atoms with E-state index >= 15 is 0 Å². The van der Waals surface area contributed by atoms with Gasteiger partial charge in [0.1, 0.15) is 11.8 Å². The van der Waals surface area contributed by atoms with Crippen LogP contribution < -0.4 is 9.47 Å². The Labute approximate surface area is 159 Å². The van der Waals surface area contributed by atoms with Gasteiger partial charge < -0.3 is 14.6 Å². The number of pyridine rings is 1. The molecule has 0 radical (unpaired) electrons. The Morgan fingerprint density at radius 3 is 2.78 bits per heavy atom. The highest BCUT2D eigenvalue weighted by Gasteiger charge is 2.30. The summed E-state index contributed by atoms with van der Waals surface area (Å²) in [4.78, 5) is 6.86. The first-order valence-electron chi connectivity index (χ1n) is 9.72. The number of aryl methyl sites for hydroxylation is 1. The molecule has 2 aromatic heterocycles. The number of methoxy groups -OCH3 is 2. The zero-order valence-electron chi connectivity index (χ0n) is 16.1. The molecule has 0 saturated heterocycles. The number of aliphatic hydroxyl groups excluding tert-OH is 1. The van der Waals surface area contributed by atoms with Crippen molar-refractivity contribution in [2.45, 2.75) is 51.4 Å². The Bertz CT molecular complexity index is 788. The van der Waals surface area contributed by atoms with E-state index in [1.54, 1.807) is 20.4 Å². The molecule has 1 aliphatic heterocycles. The lowest BCUT2D eigenvalue weighted by Crippen LogP contribution is -2.24. The minimum Gasteiger partial charge on any atom is -0.493 e. The molecule has 1 atom stereocenters. The van der Waals surface area contributed by atoms with Crippen molar-refractivity contribution in [1.82, 2.24) is 19.7 Å². The summed E-state index contributed by atoms with van der Waals surface area (Å²) in [5.41, 5.74) is 2.86. The van der Waals surface area contributed by atoms with E-state index in [1.165, 1.54) is 6.42 Å². The molecule has 2 aromatic rings. The van der Waals surface area contributed by atoms with Gasteiger partial charge >= 0.3 is 0 Å². The van der Waals surface area contributed by atoms with Crippen LogP contribution in [0, 0.1) is 5.92 Å².